The van der Waals surface area contributed by atoms with Crippen LogP contribution in [0.3, 0.4) is 0 Å². The number of Topliss-reactive ketones (excluding diaryl/α,β-unsaturated/α-hetero) is 1. The topological polar surface area (TPSA) is 30.2 Å². The second-order valence-electron chi connectivity index (χ2n) is 3.50. The monoisotopic (exact) mass is 300 g/mol. The summed E-state index contributed by atoms with van der Waals surface area (Å²) in [6.07, 6.45) is 2.44. The minimum Gasteiger partial charge on any atom is -0.460 e. The molecule has 4 heteroatoms. The number of carbonyl (C=O) groups excluding carboxylic acids is 1. The number of hydrogen-bond acceptors (Lipinski definition) is 2. The van der Waals surface area contributed by atoms with Crippen molar-refractivity contribution in [2.45, 2.75) is 13.3 Å². The highest BCUT2D eigenvalue weighted by Gasteiger charge is 2.16. The molecule has 0 aliphatic carbocycles. The number of ketones is 1. The first-order valence-electron chi connectivity index (χ1n) is 4.96. The molecule has 0 amide bonds. The Morgan fingerprint density at radius 1 is 1.50 bits per heavy atom. The fourth-order valence-electron chi connectivity index (χ4n) is 1.78. The molecule has 0 aliphatic rings. The van der Waals surface area contributed by atoms with Crippen molar-refractivity contribution in [3.8, 4) is 0 Å². The molecule has 1 aromatic heterocycles. The van der Waals surface area contributed by atoms with Gasteiger partial charge in [-0.15, -0.1) is 11.6 Å². The smallest absolute Gasteiger partial charge is 0.213 e. The lowest BCUT2D eigenvalue weighted by atomic mass is 10.0. The van der Waals surface area contributed by atoms with Gasteiger partial charge in [0.2, 0.25) is 5.78 Å². The van der Waals surface area contributed by atoms with Gasteiger partial charge in [-0.05, 0) is 24.1 Å². The highest BCUT2D eigenvalue weighted by Crippen LogP contribution is 2.29. The summed E-state index contributed by atoms with van der Waals surface area (Å²) in [7, 11) is 0. The second-order valence-corrected chi connectivity index (χ2v) is 4.69. The lowest BCUT2D eigenvalue weighted by Gasteiger charge is -2.02. The third kappa shape index (κ3) is 1.89. The highest BCUT2D eigenvalue weighted by atomic mass is 79.9. The fourth-order valence-corrected chi connectivity index (χ4v) is 2.43. The molecule has 0 unspecified atom stereocenters. The Kier molecular flexibility index (Phi) is 3.36. The van der Waals surface area contributed by atoms with Crippen molar-refractivity contribution < 1.29 is 9.21 Å². The van der Waals surface area contributed by atoms with Gasteiger partial charge in [-0.25, -0.2) is 0 Å². The molecular formula is C12H10BrClO2. The Morgan fingerprint density at radius 2 is 2.25 bits per heavy atom. The van der Waals surface area contributed by atoms with Crippen LogP contribution in [-0.2, 0) is 6.42 Å². The van der Waals surface area contributed by atoms with E-state index in [4.69, 9.17) is 16.0 Å². The second kappa shape index (κ2) is 4.60. The van der Waals surface area contributed by atoms with Crippen LogP contribution in [0.2, 0.25) is 0 Å². The van der Waals surface area contributed by atoms with Gasteiger partial charge in [-0.3, -0.25) is 4.79 Å². The first kappa shape index (κ1) is 11.7. The zero-order valence-corrected chi connectivity index (χ0v) is 11.1. The largest absolute Gasteiger partial charge is 0.460 e. The van der Waals surface area contributed by atoms with Gasteiger partial charge in [0.1, 0.15) is 0 Å². The Morgan fingerprint density at radius 3 is 2.88 bits per heavy atom. The van der Waals surface area contributed by atoms with Crippen molar-refractivity contribution >= 4 is 44.1 Å². The van der Waals surface area contributed by atoms with Gasteiger partial charge >= 0.3 is 0 Å². The summed E-state index contributed by atoms with van der Waals surface area (Å²) in [6, 6.07) is 3.94. The molecule has 0 atom stereocenters. The Hall–Kier alpha value is -0.800. The minimum atomic E-state index is -0.173. The molecule has 2 aromatic rings. The van der Waals surface area contributed by atoms with Crippen LogP contribution >= 0.6 is 27.5 Å². The summed E-state index contributed by atoms with van der Waals surface area (Å²) in [6.45, 7) is 2.04. The Bertz CT molecular complexity index is 545. The molecule has 16 heavy (non-hydrogen) atoms. The van der Waals surface area contributed by atoms with Gasteiger partial charge < -0.3 is 4.42 Å². The van der Waals surface area contributed by atoms with Crippen LogP contribution < -0.4 is 0 Å². The number of alkyl halides is 1. The molecule has 1 aromatic carbocycles. The molecular weight excluding hydrogens is 291 g/mol. The summed E-state index contributed by atoms with van der Waals surface area (Å²) < 4.78 is 6.30. The number of fused-ring (bicyclic) bond motifs is 1. The van der Waals surface area contributed by atoms with Crippen LogP contribution in [0.4, 0.5) is 0 Å². The Balaban J connectivity index is 2.74. The number of carbonyl (C=O) groups is 1. The van der Waals surface area contributed by atoms with Crippen molar-refractivity contribution in [3.63, 3.8) is 0 Å². The average molecular weight is 302 g/mol. The first-order chi connectivity index (χ1) is 7.67. The van der Waals surface area contributed by atoms with E-state index in [0.717, 1.165) is 27.2 Å². The van der Waals surface area contributed by atoms with Crippen molar-refractivity contribution in [1.82, 2.24) is 0 Å². The van der Waals surface area contributed by atoms with Crippen molar-refractivity contribution in [3.05, 3.63) is 34.2 Å². The summed E-state index contributed by atoms with van der Waals surface area (Å²) in [4.78, 5) is 11.6. The summed E-state index contributed by atoms with van der Waals surface area (Å²) in [5.74, 6) is 0.144. The van der Waals surface area contributed by atoms with Crippen LogP contribution in [0.15, 0.2) is 27.3 Å². The maximum Gasteiger partial charge on any atom is 0.213 e. The predicted molar refractivity (Wildman–Crippen MR) is 68.3 cm³/mol. The molecule has 84 valence electrons. The molecule has 0 bridgehead atoms. The maximum atomic E-state index is 11.6. The average Bonchev–Trinajstić information content (AvgIpc) is 2.70. The molecule has 0 saturated carbocycles. The van der Waals surface area contributed by atoms with Crippen molar-refractivity contribution in [2.24, 2.45) is 0 Å². The third-order valence-corrected chi connectivity index (χ3v) is 3.20. The summed E-state index contributed by atoms with van der Waals surface area (Å²) in [5.41, 5.74) is 1.09. The molecule has 0 N–H and O–H groups in total. The molecule has 2 nitrogen and oxygen atoms in total. The van der Waals surface area contributed by atoms with Gasteiger partial charge in [0, 0.05) is 15.2 Å². The van der Waals surface area contributed by atoms with E-state index < -0.39 is 0 Å². The van der Waals surface area contributed by atoms with Crippen LogP contribution in [-0.4, -0.2) is 11.7 Å². The molecule has 0 fully saturated rings. The predicted octanol–water partition coefficient (Wildman–Crippen LogP) is 4.18. The quantitative estimate of drug-likeness (QED) is 0.629. The van der Waals surface area contributed by atoms with E-state index in [1.807, 2.05) is 19.1 Å². The number of hydrogen-bond donors (Lipinski definition) is 0. The number of aryl methyl sites for hydroxylation is 1. The first-order valence-corrected chi connectivity index (χ1v) is 6.29. The van der Waals surface area contributed by atoms with Gasteiger partial charge in [0.05, 0.1) is 12.1 Å². The summed E-state index contributed by atoms with van der Waals surface area (Å²) in [5, 5.41) is 1.82. The maximum absolute atomic E-state index is 11.6. The highest BCUT2D eigenvalue weighted by molar-refractivity contribution is 9.10. The summed E-state index contributed by atoms with van der Waals surface area (Å²) >= 11 is 8.99. The third-order valence-electron chi connectivity index (χ3n) is 2.50. The van der Waals surface area contributed by atoms with Gasteiger partial charge in [-0.1, -0.05) is 22.9 Å². The van der Waals surface area contributed by atoms with E-state index in [1.165, 1.54) is 0 Å². The normalized spacial score (nSPS) is 10.9. The van der Waals surface area contributed by atoms with E-state index in [-0.39, 0.29) is 11.7 Å². The van der Waals surface area contributed by atoms with E-state index in [9.17, 15) is 4.79 Å². The zero-order chi connectivity index (χ0) is 11.7. The molecule has 0 radical (unpaired) electrons. The van der Waals surface area contributed by atoms with E-state index in [0.29, 0.717) is 5.76 Å². The van der Waals surface area contributed by atoms with E-state index >= 15 is 0 Å². The van der Waals surface area contributed by atoms with E-state index in [1.54, 1.807) is 6.26 Å². The van der Waals surface area contributed by atoms with Crippen LogP contribution in [0.1, 0.15) is 23.0 Å². The van der Waals surface area contributed by atoms with Crippen molar-refractivity contribution in [1.29, 1.82) is 0 Å². The molecule has 0 aliphatic heterocycles. The molecule has 0 spiro atoms. The standard InChI is InChI=1S/C12H10BrClO2/c1-2-7-3-9(13)4-8-6-16-12(11(7)8)10(15)5-14/h3-4,6H,2,5H2,1H3. The fraction of sp³-hybridized carbons (Fsp3) is 0.250. The van der Waals surface area contributed by atoms with Gasteiger partial charge in [0.15, 0.2) is 5.76 Å². The minimum absolute atomic E-state index is 0.0537. The van der Waals surface area contributed by atoms with Gasteiger partial charge in [0.25, 0.3) is 0 Å². The van der Waals surface area contributed by atoms with E-state index in [2.05, 4.69) is 15.9 Å². The van der Waals surface area contributed by atoms with Crippen molar-refractivity contribution in [2.75, 3.05) is 5.88 Å². The lowest BCUT2D eigenvalue weighted by molar-refractivity contribution is 0.0992. The lowest BCUT2D eigenvalue weighted by Crippen LogP contribution is -1.99. The van der Waals surface area contributed by atoms with Crippen LogP contribution in [0.25, 0.3) is 10.8 Å². The van der Waals surface area contributed by atoms with Crippen LogP contribution in [0, 0.1) is 0 Å². The SMILES string of the molecule is CCc1cc(Br)cc2coc(C(=O)CCl)c12. The molecule has 2 rings (SSSR count). The number of halogens is 2. The van der Waals surface area contributed by atoms with Crippen LogP contribution in [0.5, 0.6) is 0 Å². The Labute approximate surface area is 107 Å². The molecule has 1 heterocycles. The number of rotatable bonds is 3. The zero-order valence-electron chi connectivity index (χ0n) is 8.72. The molecule has 0 saturated heterocycles. The number of furan rings is 1. The van der Waals surface area contributed by atoms with Gasteiger partial charge in [-0.2, -0.15) is 0 Å². The number of benzene rings is 1.